The van der Waals surface area contributed by atoms with E-state index in [-0.39, 0.29) is 17.1 Å². The van der Waals surface area contributed by atoms with Crippen molar-refractivity contribution in [1.29, 1.82) is 5.26 Å². The van der Waals surface area contributed by atoms with Gasteiger partial charge in [0.25, 0.3) is 5.91 Å². The first-order chi connectivity index (χ1) is 15.6. The van der Waals surface area contributed by atoms with Crippen molar-refractivity contribution in [2.75, 3.05) is 16.8 Å². The first-order valence-corrected chi connectivity index (χ1v) is 11.8. The highest BCUT2D eigenvalue weighted by molar-refractivity contribution is 7.21. The average molecular weight is 476 g/mol. The lowest BCUT2D eigenvalue weighted by atomic mass is 9.99. The number of thiophene rings is 2. The second-order valence-corrected chi connectivity index (χ2v) is 9.26. The van der Waals surface area contributed by atoms with Crippen LogP contribution in [0, 0.1) is 11.3 Å². The van der Waals surface area contributed by atoms with Crippen LogP contribution < -0.4 is 16.8 Å². The first kappa shape index (κ1) is 20.1. The van der Waals surface area contributed by atoms with Crippen LogP contribution in [0.3, 0.4) is 0 Å². The standard InChI is InChI=1S/C21H13N7OS3/c22-7-12-14(11-3-6-30-8-11)15-16(23)17(32-20(15)27-18(12)24)19(29)28-21-26-13(9-31-21)10-1-4-25-5-2-10/h1-6,8-9H,23H2,(H2,24,27)(H,26,28,29). The molecule has 0 aliphatic rings. The molecule has 0 radical (unpaired) electrons. The minimum Gasteiger partial charge on any atom is -0.397 e. The van der Waals surface area contributed by atoms with Gasteiger partial charge in [-0.25, -0.2) is 9.97 Å². The van der Waals surface area contributed by atoms with Gasteiger partial charge in [0.2, 0.25) is 0 Å². The fourth-order valence-corrected chi connectivity index (χ4v) is 5.66. The Kier molecular flexibility index (Phi) is 5.02. The number of hydrogen-bond acceptors (Lipinski definition) is 10. The number of carbonyl (C=O) groups is 1. The molecule has 0 bridgehead atoms. The number of anilines is 3. The number of fused-ring (bicyclic) bond motifs is 1. The Balaban J connectivity index is 1.55. The van der Waals surface area contributed by atoms with Crippen molar-refractivity contribution in [3.63, 3.8) is 0 Å². The third kappa shape index (κ3) is 3.36. The number of hydrogen-bond donors (Lipinski definition) is 3. The summed E-state index contributed by atoms with van der Waals surface area (Å²) in [6, 6.07) is 7.70. The monoisotopic (exact) mass is 475 g/mol. The number of rotatable bonds is 4. The van der Waals surface area contributed by atoms with E-state index in [1.165, 1.54) is 22.7 Å². The Hall–Kier alpha value is -3.85. The van der Waals surface area contributed by atoms with E-state index in [1.807, 2.05) is 34.3 Å². The molecule has 0 atom stereocenters. The number of nitriles is 1. The molecule has 156 valence electrons. The van der Waals surface area contributed by atoms with E-state index in [4.69, 9.17) is 11.5 Å². The maximum absolute atomic E-state index is 13.0. The number of aromatic nitrogens is 3. The van der Waals surface area contributed by atoms with Crippen molar-refractivity contribution >= 4 is 66.8 Å². The number of nitrogens with two attached hydrogens (primary N) is 2. The van der Waals surface area contributed by atoms with Crippen LogP contribution in [0.5, 0.6) is 0 Å². The fourth-order valence-electron chi connectivity index (χ4n) is 3.29. The lowest BCUT2D eigenvalue weighted by Crippen LogP contribution is -2.11. The highest BCUT2D eigenvalue weighted by atomic mass is 32.1. The first-order valence-electron chi connectivity index (χ1n) is 9.18. The fraction of sp³-hybridized carbons (Fsp3) is 0. The summed E-state index contributed by atoms with van der Waals surface area (Å²) in [5, 5.41) is 19.1. The smallest absolute Gasteiger partial charge is 0.269 e. The number of nitrogen functional groups attached to an aromatic ring is 2. The van der Waals surface area contributed by atoms with Gasteiger partial charge in [-0.15, -0.1) is 22.7 Å². The van der Waals surface area contributed by atoms with Crippen LogP contribution >= 0.6 is 34.0 Å². The van der Waals surface area contributed by atoms with E-state index in [0.717, 1.165) is 28.2 Å². The van der Waals surface area contributed by atoms with Crippen LogP contribution in [-0.4, -0.2) is 20.9 Å². The topological polar surface area (TPSA) is 144 Å². The minimum atomic E-state index is -0.394. The van der Waals surface area contributed by atoms with Gasteiger partial charge in [0.1, 0.15) is 27.2 Å². The van der Waals surface area contributed by atoms with Crippen molar-refractivity contribution in [2.45, 2.75) is 0 Å². The Morgan fingerprint density at radius 3 is 2.62 bits per heavy atom. The second kappa shape index (κ2) is 8.01. The van der Waals surface area contributed by atoms with Gasteiger partial charge in [-0.3, -0.25) is 15.1 Å². The molecule has 32 heavy (non-hydrogen) atoms. The molecule has 1 amide bonds. The number of nitrogens with one attached hydrogen (secondary N) is 1. The second-order valence-electron chi connectivity index (χ2n) is 6.62. The molecule has 0 fully saturated rings. The number of carbonyl (C=O) groups excluding carboxylic acids is 1. The number of nitrogens with zero attached hydrogens (tertiary/aromatic N) is 4. The van der Waals surface area contributed by atoms with Gasteiger partial charge in [0.15, 0.2) is 5.13 Å². The molecule has 8 nitrogen and oxygen atoms in total. The molecular formula is C21H13N7OS3. The maximum atomic E-state index is 13.0. The number of thiazole rings is 1. The molecule has 0 saturated heterocycles. The average Bonchev–Trinajstić information content (AvgIpc) is 3.54. The lowest BCUT2D eigenvalue weighted by molar-refractivity contribution is 0.103. The van der Waals surface area contributed by atoms with Gasteiger partial charge < -0.3 is 11.5 Å². The zero-order chi connectivity index (χ0) is 22.2. The van der Waals surface area contributed by atoms with Crippen molar-refractivity contribution in [2.24, 2.45) is 0 Å². The molecule has 0 spiro atoms. The van der Waals surface area contributed by atoms with Crippen molar-refractivity contribution in [1.82, 2.24) is 15.0 Å². The molecule has 5 rings (SSSR count). The molecular weight excluding hydrogens is 462 g/mol. The third-order valence-electron chi connectivity index (χ3n) is 4.73. The summed E-state index contributed by atoms with van der Waals surface area (Å²) in [6.07, 6.45) is 3.37. The van der Waals surface area contributed by atoms with Gasteiger partial charge in [0.05, 0.1) is 11.4 Å². The predicted molar refractivity (Wildman–Crippen MR) is 130 cm³/mol. The van der Waals surface area contributed by atoms with Crippen LogP contribution in [0.2, 0.25) is 0 Å². The van der Waals surface area contributed by atoms with Gasteiger partial charge in [-0.05, 0) is 34.5 Å². The summed E-state index contributed by atoms with van der Waals surface area (Å²) >= 11 is 3.94. The molecule has 5 aromatic rings. The Morgan fingerprint density at radius 1 is 1.09 bits per heavy atom. The predicted octanol–water partition coefficient (Wildman–Crippen LogP) is 4.83. The maximum Gasteiger partial charge on any atom is 0.269 e. The Bertz CT molecular complexity index is 1500. The summed E-state index contributed by atoms with van der Waals surface area (Å²) in [6.45, 7) is 0. The van der Waals surface area contributed by atoms with Crippen molar-refractivity contribution < 1.29 is 4.79 Å². The summed E-state index contributed by atoms with van der Waals surface area (Å²) in [5.41, 5.74) is 16.0. The molecule has 0 saturated carbocycles. The highest BCUT2D eigenvalue weighted by Gasteiger charge is 2.25. The number of pyridine rings is 2. The molecule has 0 aliphatic carbocycles. The van der Waals surface area contributed by atoms with Crippen LogP contribution in [0.4, 0.5) is 16.6 Å². The summed E-state index contributed by atoms with van der Waals surface area (Å²) in [5.74, 6) is -0.286. The highest BCUT2D eigenvalue weighted by Crippen LogP contribution is 2.43. The molecule has 0 aliphatic heterocycles. The van der Waals surface area contributed by atoms with Crippen molar-refractivity contribution in [3.8, 4) is 28.5 Å². The SMILES string of the molecule is N#Cc1c(N)nc2sc(C(=O)Nc3nc(-c4ccncc4)cs3)c(N)c2c1-c1ccsc1. The van der Waals surface area contributed by atoms with E-state index in [1.54, 1.807) is 12.4 Å². The lowest BCUT2D eigenvalue weighted by Gasteiger charge is -2.07. The summed E-state index contributed by atoms with van der Waals surface area (Å²) < 4.78 is 0. The minimum absolute atomic E-state index is 0.108. The summed E-state index contributed by atoms with van der Waals surface area (Å²) in [7, 11) is 0. The van der Waals surface area contributed by atoms with E-state index in [2.05, 4.69) is 26.3 Å². The molecule has 5 aromatic heterocycles. The van der Waals surface area contributed by atoms with Crippen LogP contribution in [0.1, 0.15) is 15.2 Å². The Labute approximate surface area is 193 Å². The van der Waals surface area contributed by atoms with E-state index < -0.39 is 5.91 Å². The molecule has 0 unspecified atom stereocenters. The quantitative estimate of drug-likeness (QED) is 0.337. The number of amides is 1. The molecule has 5 N–H and O–H groups in total. The van der Waals surface area contributed by atoms with Gasteiger partial charge >= 0.3 is 0 Å². The van der Waals surface area contributed by atoms with Crippen LogP contribution in [0.25, 0.3) is 32.6 Å². The van der Waals surface area contributed by atoms with Crippen LogP contribution in [-0.2, 0) is 0 Å². The normalized spacial score (nSPS) is 10.8. The summed E-state index contributed by atoms with van der Waals surface area (Å²) in [4.78, 5) is 26.6. The van der Waals surface area contributed by atoms with Gasteiger partial charge in [-0.2, -0.15) is 16.6 Å². The third-order valence-corrected chi connectivity index (χ3v) is 7.27. The Morgan fingerprint density at radius 2 is 1.91 bits per heavy atom. The zero-order valence-electron chi connectivity index (χ0n) is 16.2. The molecule has 0 aromatic carbocycles. The van der Waals surface area contributed by atoms with Crippen LogP contribution in [0.15, 0.2) is 46.7 Å². The molecule has 5 heterocycles. The van der Waals surface area contributed by atoms with Crippen molar-refractivity contribution in [3.05, 3.63) is 57.2 Å². The van der Waals surface area contributed by atoms with Gasteiger partial charge in [0, 0.05) is 34.3 Å². The molecule has 11 heteroatoms. The van der Waals surface area contributed by atoms with E-state index in [9.17, 15) is 10.1 Å². The van der Waals surface area contributed by atoms with Gasteiger partial charge in [-0.1, -0.05) is 0 Å². The largest absolute Gasteiger partial charge is 0.397 e. The van der Waals surface area contributed by atoms with E-state index >= 15 is 0 Å². The van der Waals surface area contributed by atoms with E-state index in [0.29, 0.717) is 25.8 Å². The zero-order valence-corrected chi connectivity index (χ0v) is 18.6.